The lowest BCUT2D eigenvalue weighted by Crippen LogP contribution is -2.22. The number of aryl methyl sites for hydroxylation is 2. The number of halogens is 1. The molecule has 160 valence electrons. The van der Waals surface area contributed by atoms with Gasteiger partial charge in [0.2, 0.25) is 5.88 Å². The Balaban J connectivity index is 1.98. The molecule has 1 aromatic heterocycles. The molecule has 0 fully saturated rings. The molecule has 30 heavy (non-hydrogen) atoms. The molecule has 1 aromatic carbocycles. The predicted octanol–water partition coefficient (Wildman–Crippen LogP) is 3.22. The lowest BCUT2D eigenvalue weighted by atomic mass is 10.1. The molecule has 0 aliphatic carbocycles. The molecule has 2 aromatic rings. The summed E-state index contributed by atoms with van der Waals surface area (Å²) in [5.41, 5.74) is 0.174. The van der Waals surface area contributed by atoms with Crippen LogP contribution >= 0.6 is 0 Å². The second kappa shape index (κ2) is 10.3. The number of furan rings is 1. The van der Waals surface area contributed by atoms with Crippen LogP contribution in [0.2, 0.25) is 0 Å². The maximum absolute atomic E-state index is 13.6. The minimum Gasteiger partial charge on any atom is -0.462 e. The van der Waals surface area contributed by atoms with E-state index >= 15 is 0 Å². The Morgan fingerprint density at radius 1 is 1.10 bits per heavy atom. The number of Topliss-reactive ketones (excluding diaryl/α,β-unsaturated/α-hetero) is 1. The Bertz CT molecular complexity index is 964. The zero-order chi connectivity index (χ0) is 22.3. The van der Waals surface area contributed by atoms with Crippen molar-refractivity contribution in [2.45, 2.75) is 33.6 Å². The summed E-state index contributed by atoms with van der Waals surface area (Å²) in [5, 5.41) is 2.31. The average molecular weight is 419 g/mol. The van der Waals surface area contributed by atoms with Gasteiger partial charge in [-0.15, -0.1) is 0 Å². The van der Waals surface area contributed by atoms with Crippen LogP contribution in [0.4, 0.5) is 10.3 Å². The van der Waals surface area contributed by atoms with E-state index in [0.29, 0.717) is 5.56 Å². The Labute approximate surface area is 172 Å². The monoisotopic (exact) mass is 419 g/mol. The van der Waals surface area contributed by atoms with Gasteiger partial charge in [-0.2, -0.15) is 0 Å². The summed E-state index contributed by atoms with van der Waals surface area (Å²) in [6.45, 7) is 3.74. The number of ether oxygens (including phenoxy) is 2. The molecule has 0 radical (unpaired) electrons. The molecule has 1 heterocycles. The number of benzene rings is 1. The number of rotatable bonds is 9. The first-order valence-electron chi connectivity index (χ1n) is 9.24. The van der Waals surface area contributed by atoms with E-state index in [1.54, 1.807) is 25.1 Å². The lowest BCUT2D eigenvalue weighted by molar-refractivity contribution is -0.147. The summed E-state index contributed by atoms with van der Waals surface area (Å²) in [4.78, 5) is 48.0. The Morgan fingerprint density at radius 3 is 2.43 bits per heavy atom. The van der Waals surface area contributed by atoms with Crippen LogP contribution in [0.3, 0.4) is 0 Å². The molecule has 0 bridgehead atoms. The Kier molecular flexibility index (Phi) is 7.85. The van der Waals surface area contributed by atoms with Gasteiger partial charge in [0.15, 0.2) is 12.4 Å². The van der Waals surface area contributed by atoms with Crippen LogP contribution in [-0.2, 0) is 25.5 Å². The fourth-order valence-corrected chi connectivity index (χ4v) is 2.77. The second-order valence-corrected chi connectivity index (χ2v) is 6.31. The van der Waals surface area contributed by atoms with Gasteiger partial charge in [0, 0.05) is 6.42 Å². The van der Waals surface area contributed by atoms with E-state index in [2.05, 4.69) is 5.32 Å². The molecule has 1 N–H and O–H groups in total. The molecule has 0 saturated carbocycles. The molecule has 9 heteroatoms. The minimum atomic E-state index is -0.822. The number of amides is 1. The normalized spacial score (nSPS) is 10.4. The summed E-state index contributed by atoms with van der Waals surface area (Å²) < 4.78 is 28.7. The van der Waals surface area contributed by atoms with Crippen LogP contribution in [-0.4, -0.2) is 36.8 Å². The van der Waals surface area contributed by atoms with Crippen molar-refractivity contribution in [2.75, 3.05) is 18.5 Å². The summed E-state index contributed by atoms with van der Waals surface area (Å²) in [6.07, 6.45) is 0.0100. The fraction of sp³-hybridized carbons (Fsp3) is 0.333. The minimum absolute atomic E-state index is 0.00522. The molecule has 0 spiro atoms. The van der Waals surface area contributed by atoms with Crippen molar-refractivity contribution in [3.05, 3.63) is 52.5 Å². The number of carbonyl (C=O) groups excluding carboxylic acids is 4. The van der Waals surface area contributed by atoms with Gasteiger partial charge in [0.05, 0.1) is 12.2 Å². The van der Waals surface area contributed by atoms with E-state index in [0.717, 1.165) is 0 Å². The van der Waals surface area contributed by atoms with Crippen molar-refractivity contribution >= 4 is 29.5 Å². The molecular weight excluding hydrogens is 397 g/mol. The average Bonchev–Trinajstić information content (AvgIpc) is 3.01. The standard InChI is InChI=1S/C21H22FNO7/c1-4-28-21(27)19-18(12(2)24)13(3)30-20(19)23-16(25)11-29-17(26)10-9-14-7-5-6-8-15(14)22/h5-8H,4,9-11H2,1-3H3,(H,23,25). The molecule has 0 atom stereocenters. The van der Waals surface area contributed by atoms with Crippen LogP contribution in [0.5, 0.6) is 0 Å². The molecule has 8 nitrogen and oxygen atoms in total. The summed E-state index contributed by atoms with van der Waals surface area (Å²) in [6, 6.07) is 6.03. The van der Waals surface area contributed by atoms with Gasteiger partial charge in [0.1, 0.15) is 17.1 Å². The zero-order valence-corrected chi connectivity index (χ0v) is 16.9. The van der Waals surface area contributed by atoms with Crippen LogP contribution in [0, 0.1) is 12.7 Å². The maximum Gasteiger partial charge on any atom is 0.344 e. The van der Waals surface area contributed by atoms with Crippen LogP contribution < -0.4 is 5.32 Å². The van der Waals surface area contributed by atoms with Crippen molar-refractivity contribution in [1.82, 2.24) is 0 Å². The Hall–Kier alpha value is -3.49. The van der Waals surface area contributed by atoms with E-state index in [-0.39, 0.29) is 42.2 Å². The van der Waals surface area contributed by atoms with E-state index in [1.165, 1.54) is 19.9 Å². The highest BCUT2D eigenvalue weighted by Gasteiger charge is 2.28. The summed E-state index contributed by atoms with van der Waals surface area (Å²) >= 11 is 0. The van der Waals surface area contributed by atoms with Crippen LogP contribution in [0.1, 0.15) is 52.3 Å². The lowest BCUT2D eigenvalue weighted by Gasteiger charge is -2.07. The van der Waals surface area contributed by atoms with Crippen molar-refractivity contribution < 1.29 is 37.5 Å². The van der Waals surface area contributed by atoms with Gasteiger partial charge >= 0.3 is 11.9 Å². The van der Waals surface area contributed by atoms with Crippen molar-refractivity contribution in [3.63, 3.8) is 0 Å². The first-order valence-corrected chi connectivity index (χ1v) is 9.24. The SMILES string of the molecule is CCOC(=O)c1c(NC(=O)COC(=O)CCc2ccccc2F)oc(C)c1C(C)=O. The third kappa shape index (κ3) is 5.76. The molecule has 0 aliphatic heterocycles. The molecule has 2 rings (SSSR count). The van der Waals surface area contributed by atoms with E-state index in [4.69, 9.17) is 13.9 Å². The van der Waals surface area contributed by atoms with E-state index in [1.807, 2.05) is 0 Å². The number of anilines is 1. The van der Waals surface area contributed by atoms with E-state index in [9.17, 15) is 23.6 Å². The first-order chi connectivity index (χ1) is 14.2. The largest absolute Gasteiger partial charge is 0.462 e. The van der Waals surface area contributed by atoms with Crippen LogP contribution in [0.15, 0.2) is 28.7 Å². The number of carbonyl (C=O) groups is 4. The Morgan fingerprint density at radius 2 is 1.80 bits per heavy atom. The van der Waals surface area contributed by atoms with Gasteiger partial charge in [-0.05, 0) is 38.8 Å². The topological polar surface area (TPSA) is 112 Å². The number of hydrogen-bond acceptors (Lipinski definition) is 7. The number of nitrogens with one attached hydrogen (secondary N) is 1. The van der Waals surface area contributed by atoms with Gasteiger partial charge in [-0.3, -0.25) is 19.7 Å². The molecule has 1 amide bonds. The summed E-state index contributed by atoms with van der Waals surface area (Å²) in [5.74, 6) is -3.27. The molecule has 0 unspecified atom stereocenters. The molecule has 0 saturated heterocycles. The van der Waals surface area contributed by atoms with Crippen molar-refractivity contribution in [2.24, 2.45) is 0 Å². The van der Waals surface area contributed by atoms with Gasteiger partial charge in [-0.25, -0.2) is 9.18 Å². The van der Waals surface area contributed by atoms with Crippen LogP contribution in [0.25, 0.3) is 0 Å². The first kappa shape index (κ1) is 22.8. The van der Waals surface area contributed by atoms with Crippen molar-refractivity contribution in [1.29, 1.82) is 0 Å². The highest BCUT2D eigenvalue weighted by Crippen LogP contribution is 2.28. The van der Waals surface area contributed by atoms with E-state index < -0.39 is 36.1 Å². The smallest absolute Gasteiger partial charge is 0.344 e. The molecule has 0 aliphatic rings. The third-order valence-electron chi connectivity index (χ3n) is 4.09. The quantitative estimate of drug-likeness (QED) is 0.491. The zero-order valence-electron chi connectivity index (χ0n) is 16.9. The number of hydrogen-bond donors (Lipinski definition) is 1. The second-order valence-electron chi connectivity index (χ2n) is 6.31. The number of ketones is 1. The van der Waals surface area contributed by atoms with Gasteiger partial charge in [0.25, 0.3) is 5.91 Å². The molecular formula is C21H22FNO7. The third-order valence-corrected chi connectivity index (χ3v) is 4.09. The van der Waals surface area contributed by atoms with Gasteiger partial charge in [-0.1, -0.05) is 18.2 Å². The predicted molar refractivity (Wildman–Crippen MR) is 104 cm³/mol. The number of esters is 2. The fourth-order valence-electron chi connectivity index (χ4n) is 2.77. The van der Waals surface area contributed by atoms with Gasteiger partial charge < -0.3 is 13.9 Å². The van der Waals surface area contributed by atoms with Crippen molar-refractivity contribution in [3.8, 4) is 0 Å². The highest BCUT2D eigenvalue weighted by atomic mass is 19.1. The highest BCUT2D eigenvalue weighted by molar-refractivity contribution is 6.10. The maximum atomic E-state index is 13.6. The summed E-state index contributed by atoms with van der Waals surface area (Å²) in [7, 11) is 0.